The monoisotopic (exact) mass is 498 g/mol. The van der Waals surface area contributed by atoms with Gasteiger partial charge in [-0.3, -0.25) is 14.5 Å². The molecular weight excluding hydrogens is 472 g/mol. The van der Waals surface area contributed by atoms with E-state index >= 15 is 0 Å². The standard InChI is InChI=1S/C24H26N4O6S/c29-21(25-17-7-6-8-18(15-17)35(32,33)27-12-4-1-5-13-27)16-28-22(30)24(26-23(28)31)11-14-34-20-10-3-2-9-19(20)24/h2-3,6-10,15H,1,4-5,11-14,16H2,(H,25,29)(H,26,31)/t24-/m0/s1. The predicted octanol–water partition coefficient (Wildman–Crippen LogP) is 2.03. The average Bonchev–Trinajstić information content (AvgIpc) is 3.09. The molecule has 5 rings (SSSR count). The maximum absolute atomic E-state index is 13.3. The minimum absolute atomic E-state index is 0.0879. The zero-order valence-electron chi connectivity index (χ0n) is 19.0. The van der Waals surface area contributed by atoms with Crippen molar-refractivity contribution in [2.75, 3.05) is 31.6 Å². The van der Waals surface area contributed by atoms with E-state index < -0.39 is 40.0 Å². The largest absolute Gasteiger partial charge is 0.493 e. The first-order valence-corrected chi connectivity index (χ1v) is 13.0. The Morgan fingerprint density at radius 3 is 2.63 bits per heavy atom. The van der Waals surface area contributed by atoms with Crippen LogP contribution in [0.3, 0.4) is 0 Å². The van der Waals surface area contributed by atoms with Crippen molar-refractivity contribution in [3.63, 3.8) is 0 Å². The van der Waals surface area contributed by atoms with E-state index in [1.165, 1.54) is 16.4 Å². The van der Waals surface area contributed by atoms with Crippen LogP contribution in [-0.4, -0.2) is 61.7 Å². The molecule has 1 spiro atoms. The fraction of sp³-hybridized carbons (Fsp3) is 0.375. The Morgan fingerprint density at radius 1 is 1.06 bits per heavy atom. The first-order valence-electron chi connectivity index (χ1n) is 11.6. The second kappa shape index (κ2) is 8.97. The highest BCUT2D eigenvalue weighted by Gasteiger charge is 2.55. The first-order chi connectivity index (χ1) is 16.8. The molecule has 2 saturated heterocycles. The summed E-state index contributed by atoms with van der Waals surface area (Å²) in [4.78, 5) is 39.8. The molecule has 3 aliphatic rings. The van der Waals surface area contributed by atoms with Gasteiger partial charge in [0.1, 0.15) is 12.3 Å². The molecule has 0 aromatic heterocycles. The zero-order chi connectivity index (χ0) is 24.6. The molecule has 11 heteroatoms. The van der Waals surface area contributed by atoms with Crippen LogP contribution in [0.4, 0.5) is 10.5 Å². The SMILES string of the molecule is O=C(CN1C(=O)N[C@]2(CCOc3ccccc32)C1=O)Nc1cccc(S(=O)(=O)N2CCCCC2)c1. The van der Waals surface area contributed by atoms with Gasteiger partial charge in [0.05, 0.1) is 11.5 Å². The molecule has 0 saturated carbocycles. The lowest BCUT2D eigenvalue weighted by Gasteiger charge is -2.33. The summed E-state index contributed by atoms with van der Waals surface area (Å²) in [6, 6.07) is 12.3. The highest BCUT2D eigenvalue weighted by molar-refractivity contribution is 7.89. The minimum atomic E-state index is -3.67. The van der Waals surface area contributed by atoms with Gasteiger partial charge in [-0.1, -0.05) is 30.7 Å². The number of para-hydroxylation sites is 1. The number of sulfonamides is 1. The Balaban J connectivity index is 1.30. The maximum atomic E-state index is 13.3. The number of urea groups is 1. The third kappa shape index (κ3) is 4.14. The predicted molar refractivity (Wildman–Crippen MR) is 126 cm³/mol. The van der Waals surface area contributed by atoms with Crippen LogP contribution >= 0.6 is 0 Å². The van der Waals surface area contributed by atoms with Crippen LogP contribution in [0, 0.1) is 0 Å². The summed E-state index contributed by atoms with van der Waals surface area (Å²) >= 11 is 0. The lowest BCUT2D eigenvalue weighted by atomic mass is 9.84. The van der Waals surface area contributed by atoms with Crippen molar-refractivity contribution in [1.82, 2.24) is 14.5 Å². The molecule has 35 heavy (non-hydrogen) atoms. The lowest BCUT2D eigenvalue weighted by Crippen LogP contribution is -2.48. The molecule has 0 bridgehead atoms. The molecule has 0 aliphatic carbocycles. The lowest BCUT2D eigenvalue weighted by molar-refractivity contribution is -0.135. The molecular formula is C24H26N4O6S. The Labute approximate surface area is 203 Å². The van der Waals surface area contributed by atoms with Gasteiger partial charge in [0, 0.05) is 30.8 Å². The summed E-state index contributed by atoms with van der Waals surface area (Å²) in [5.74, 6) is -0.612. The number of fused-ring (bicyclic) bond motifs is 2. The van der Waals surface area contributed by atoms with Gasteiger partial charge in [-0.25, -0.2) is 13.2 Å². The van der Waals surface area contributed by atoms with Gasteiger partial charge in [-0.2, -0.15) is 4.31 Å². The fourth-order valence-electron chi connectivity index (χ4n) is 4.85. The normalized spacial score (nSPS) is 22.5. The minimum Gasteiger partial charge on any atom is -0.493 e. The topological polar surface area (TPSA) is 125 Å². The third-order valence-corrected chi connectivity index (χ3v) is 8.52. The Hall–Kier alpha value is -3.44. The number of nitrogens with one attached hydrogen (secondary N) is 2. The van der Waals surface area contributed by atoms with Crippen molar-refractivity contribution in [3.8, 4) is 5.75 Å². The Kier molecular flexibility index (Phi) is 5.97. The Bertz CT molecular complexity index is 1290. The van der Waals surface area contributed by atoms with Gasteiger partial charge in [0.25, 0.3) is 5.91 Å². The van der Waals surface area contributed by atoms with Crippen LogP contribution in [-0.2, 0) is 25.2 Å². The van der Waals surface area contributed by atoms with E-state index in [1.807, 2.05) is 0 Å². The van der Waals surface area contributed by atoms with Crippen molar-refractivity contribution in [2.24, 2.45) is 0 Å². The molecule has 1 atom stereocenters. The number of piperidine rings is 1. The number of anilines is 1. The molecule has 10 nitrogen and oxygen atoms in total. The number of hydrogen-bond acceptors (Lipinski definition) is 6. The smallest absolute Gasteiger partial charge is 0.325 e. The van der Waals surface area contributed by atoms with E-state index in [0.717, 1.165) is 24.2 Å². The molecule has 4 amide bonds. The number of ether oxygens (including phenoxy) is 1. The molecule has 2 aromatic rings. The number of benzene rings is 2. The number of carbonyl (C=O) groups is 3. The molecule has 2 N–H and O–H groups in total. The van der Waals surface area contributed by atoms with Crippen LogP contribution in [0.1, 0.15) is 31.2 Å². The number of carbonyl (C=O) groups excluding carboxylic acids is 3. The molecule has 2 aromatic carbocycles. The number of amides is 4. The van der Waals surface area contributed by atoms with E-state index in [4.69, 9.17) is 4.74 Å². The molecule has 2 fully saturated rings. The van der Waals surface area contributed by atoms with Crippen molar-refractivity contribution in [1.29, 1.82) is 0 Å². The number of nitrogens with zero attached hydrogens (tertiary/aromatic N) is 2. The maximum Gasteiger partial charge on any atom is 0.325 e. The second-order valence-corrected chi connectivity index (χ2v) is 10.8. The van der Waals surface area contributed by atoms with Gasteiger partial charge in [-0.15, -0.1) is 0 Å². The van der Waals surface area contributed by atoms with Crippen LogP contribution in [0.2, 0.25) is 0 Å². The van der Waals surface area contributed by atoms with Crippen LogP contribution in [0.5, 0.6) is 5.75 Å². The van der Waals surface area contributed by atoms with Crippen molar-refractivity contribution >= 4 is 33.6 Å². The van der Waals surface area contributed by atoms with Crippen LogP contribution in [0.15, 0.2) is 53.4 Å². The van der Waals surface area contributed by atoms with Gasteiger partial charge < -0.3 is 15.4 Å². The number of hydrogen-bond donors (Lipinski definition) is 2. The van der Waals surface area contributed by atoms with Crippen molar-refractivity contribution in [2.45, 2.75) is 36.1 Å². The van der Waals surface area contributed by atoms with Crippen LogP contribution < -0.4 is 15.4 Å². The molecule has 3 heterocycles. The fourth-order valence-corrected chi connectivity index (χ4v) is 6.41. The number of imide groups is 1. The molecule has 0 unspecified atom stereocenters. The van der Waals surface area contributed by atoms with Gasteiger partial charge in [-0.05, 0) is 37.1 Å². The highest BCUT2D eigenvalue weighted by Crippen LogP contribution is 2.40. The second-order valence-electron chi connectivity index (χ2n) is 8.86. The Morgan fingerprint density at radius 2 is 1.83 bits per heavy atom. The van der Waals surface area contributed by atoms with E-state index in [1.54, 1.807) is 36.4 Å². The summed E-state index contributed by atoms with van der Waals surface area (Å²) < 4.78 is 33.0. The van der Waals surface area contributed by atoms with Crippen LogP contribution in [0.25, 0.3) is 0 Å². The van der Waals surface area contributed by atoms with Gasteiger partial charge in [0.2, 0.25) is 15.9 Å². The summed E-state index contributed by atoms with van der Waals surface area (Å²) in [6.07, 6.45) is 2.90. The third-order valence-electron chi connectivity index (χ3n) is 6.63. The van der Waals surface area contributed by atoms with E-state index in [2.05, 4.69) is 10.6 Å². The summed E-state index contributed by atoms with van der Waals surface area (Å²) in [5, 5.41) is 5.37. The average molecular weight is 499 g/mol. The van der Waals surface area contributed by atoms with Gasteiger partial charge >= 0.3 is 6.03 Å². The molecule has 0 radical (unpaired) electrons. The zero-order valence-corrected chi connectivity index (χ0v) is 19.8. The number of rotatable bonds is 5. The summed E-state index contributed by atoms with van der Waals surface area (Å²) in [7, 11) is -3.67. The first kappa shape index (κ1) is 23.3. The molecule has 184 valence electrons. The van der Waals surface area contributed by atoms with E-state index in [0.29, 0.717) is 24.4 Å². The van der Waals surface area contributed by atoms with Crippen molar-refractivity contribution in [3.05, 3.63) is 54.1 Å². The summed E-state index contributed by atoms with van der Waals surface area (Å²) in [5.41, 5.74) is -0.441. The van der Waals surface area contributed by atoms with E-state index in [-0.39, 0.29) is 23.6 Å². The summed E-state index contributed by atoms with van der Waals surface area (Å²) in [6.45, 7) is 0.696. The van der Waals surface area contributed by atoms with Gasteiger partial charge in [0.15, 0.2) is 5.54 Å². The quantitative estimate of drug-likeness (QED) is 0.608. The highest BCUT2D eigenvalue weighted by atomic mass is 32.2. The van der Waals surface area contributed by atoms with E-state index in [9.17, 15) is 22.8 Å². The molecule has 3 aliphatic heterocycles. The van der Waals surface area contributed by atoms with Crippen molar-refractivity contribution < 1.29 is 27.5 Å².